The average Bonchev–Trinajstić information content (AvgIpc) is 2.37. The molecule has 0 radical (unpaired) electrons. The standard InChI is InChI=1S/C15H15BrFN.ClH/c16-14-6-3-4-12(10-14)11-18-9-8-13-5-1-2-7-15(13)17;/h1-7,10,18H,8-9,11H2;1H. The Morgan fingerprint density at radius 1 is 1.05 bits per heavy atom. The number of benzene rings is 2. The molecule has 0 aliphatic heterocycles. The number of rotatable bonds is 5. The summed E-state index contributed by atoms with van der Waals surface area (Å²) in [7, 11) is 0. The molecular weight excluding hydrogens is 329 g/mol. The normalized spacial score (nSPS) is 10.0. The highest BCUT2D eigenvalue weighted by Gasteiger charge is 2.00. The first-order valence-electron chi connectivity index (χ1n) is 5.94. The molecule has 2 aromatic rings. The van der Waals surface area contributed by atoms with E-state index >= 15 is 0 Å². The molecule has 0 atom stereocenters. The molecular formula is C15H16BrClFN. The molecule has 0 fully saturated rings. The quantitative estimate of drug-likeness (QED) is 0.796. The highest BCUT2D eigenvalue weighted by molar-refractivity contribution is 9.10. The second-order valence-electron chi connectivity index (χ2n) is 4.15. The zero-order valence-corrected chi connectivity index (χ0v) is 12.8. The van der Waals surface area contributed by atoms with Crippen molar-refractivity contribution in [3.63, 3.8) is 0 Å². The van der Waals surface area contributed by atoms with Gasteiger partial charge in [-0.1, -0.05) is 46.3 Å². The molecule has 0 heterocycles. The molecule has 0 aliphatic carbocycles. The van der Waals surface area contributed by atoms with Gasteiger partial charge in [0.15, 0.2) is 0 Å². The lowest BCUT2D eigenvalue weighted by Gasteiger charge is -2.06. The molecule has 2 rings (SSSR count). The van der Waals surface area contributed by atoms with Crippen LogP contribution in [-0.2, 0) is 13.0 Å². The first-order chi connectivity index (χ1) is 8.75. The molecule has 0 unspecified atom stereocenters. The third-order valence-corrected chi connectivity index (χ3v) is 3.24. The largest absolute Gasteiger partial charge is 0.312 e. The Balaban J connectivity index is 0.00000180. The molecule has 0 bridgehead atoms. The van der Waals surface area contributed by atoms with Crippen LogP contribution < -0.4 is 5.32 Å². The molecule has 0 saturated heterocycles. The Morgan fingerprint density at radius 2 is 1.84 bits per heavy atom. The van der Waals surface area contributed by atoms with Gasteiger partial charge in [0.25, 0.3) is 0 Å². The highest BCUT2D eigenvalue weighted by Crippen LogP contribution is 2.11. The maximum absolute atomic E-state index is 13.4. The second-order valence-corrected chi connectivity index (χ2v) is 5.06. The number of hydrogen-bond donors (Lipinski definition) is 1. The molecule has 0 amide bonds. The van der Waals surface area contributed by atoms with Crippen molar-refractivity contribution in [1.29, 1.82) is 0 Å². The molecule has 1 nitrogen and oxygen atoms in total. The molecule has 0 aromatic heterocycles. The van der Waals surface area contributed by atoms with Gasteiger partial charge in [-0.15, -0.1) is 12.4 Å². The Morgan fingerprint density at radius 3 is 2.58 bits per heavy atom. The summed E-state index contributed by atoms with van der Waals surface area (Å²) in [5.41, 5.74) is 1.98. The number of halogens is 3. The average molecular weight is 345 g/mol. The SMILES string of the molecule is Cl.Fc1ccccc1CCNCc1cccc(Br)c1. The Labute approximate surface area is 127 Å². The molecule has 2 aromatic carbocycles. The van der Waals surface area contributed by atoms with Crippen molar-refractivity contribution in [1.82, 2.24) is 5.32 Å². The Bertz CT molecular complexity index is 519. The molecule has 1 N–H and O–H groups in total. The third-order valence-electron chi connectivity index (χ3n) is 2.75. The van der Waals surface area contributed by atoms with Crippen molar-refractivity contribution in [2.75, 3.05) is 6.54 Å². The highest BCUT2D eigenvalue weighted by atomic mass is 79.9. The fraction of sp³-hybridized carbons (Fsp3) is 0.200. The van der Waals surface area contributed by atoms with Gasteiger partial charge < -0.3 is 5.32 Å². The van der Waals surface area contributed by atoms with Crippen molar-refractivity contribution >= 4 is 28.3 Å². The minimum absolute atomic E-state index is 0. The molecule has 0 saturated carbocycles. The first kappa shape index (κ1) is 16.2. The van der Waals surface area contributed by atoms with E-state index < -0.39 is 0 Å². The Hall–Kier alpha value is -0.900. The minimum Gasteiger partial charge on any atom is -0.312 e. The lowest BCUT2D eigenvalue weighted by molar-refractivity contribution is 0.598. The van der Waals surface area contributed by atoms with Gasteiger partial charge in [0, 0.05) is 11.0 Å². The first-order valence-corrected chi connectivity index (χ1v) is 6.73. The van der Waals surface area contributed by atoms with E-state index in [4.69, 9.17) is 0 Å². The van der Waals surface area contributed by atoms with E-state index in [2.05, 4.69) is 33.4 Å². The van der Waals surface area contributed by atoms with Gasteiger partial charge in [-0.2, -0.15) is 0 Å². The molecule has 0 aliphatic rings. The fourth-order valence-corrected chi connectivity index (χ4v) is 2.25. The van der Waals surface area contributed by atoms with Crippen molar-refractivity contribution in [2.45, 2.75) is 13.0 Å². The lowest BCUT2D eigenvalue weighted by atomic mass is 10.1. The van der Waals surface area contributed by atoms with Crippen molar-refractivity contribution in [3.8, 4) is 0 Å². The molecule has 19 heavy (non-hydrogen) atoms. The summed E-state index contributed by atoms with van der Waals surface area (Å²) < 4.78 is 14.4. The van der Waals surface area contributed by atoms with Gasteiger partial charge in [0.1, 0.15) is 5.82 Å². The smallest absolute Gasteiger partial charge is 0.126 e. The minimum atomic E-state index is -0.123. The van der Waals surface area contributed by atoms with Crippen LogP contribution in [0.3, 0.4) is 0 Å². The topological polar surface area (TPSA) is 12.0 Å². The molecule has 4 heteroatoms. The summed E-state index contributed by atoms with van der Waals surface area (Å²) in [4.78, 5) is 0. The monoisotopic (exact) mass is 343 g/mol. The van der Waals surface area contributed by atoms with Gasteiger partial charge in [0.05, 0.1) is 0 Å². The van der Waals surface area contributed by atoms with Gasteiger partial charge in [-0.3, -0.25) is 0 Å². The van der Waals surface area contributed by atoms with Crippen LogP contribution in [0.25, 0.3) is 0 Å². The van der Waals surface area contributed by atoms with Crippen molar-refractivity contribution < 1.29 is 4.39 Å². The third kappa shape index (κ3) is 5.31. The summed E-state index contributed by atoms with van der Waals surface area (Å²) in [6.07, 6.45) is 0.709. The summed E-state index contributed by atoms with van der Waals surface area (Å²) >= 11 is 3.44. The summed E-state index contributed by atoms with van der Waals surface area (Å²) in [6.45, 7) is 1.57. The lowest BCUT2D eigenvalue weighted by Crippen LogP contribution is -2.17. The van der Waals surface area contributed by atoms with Crippen LogP contribution in [0.15, 0.2) is 53.0 Å². The van der Waals surface area contributed by atoms with E-state index in [-0.39, 0.29) is 18.2 Å². The van der Waals surface area contributed by atoms with Crippen LogP contribution in [0.5, 0.6) is 0 Å². The van der Waals surface area contributed by atoms with E-state index in [1.165, 1.54) is 11.6 Å². The van der Waals surface area contributed by atoms with Gasteiger partial charge in [-0.25, -0.2) is 4.39 Å². The van der Waals surface area contributed by atoms with E-state index in [0.717, 1.165) is 23.1 Å². The zero-order valence-electron chi connectivity index (χ0n) is 10.4. The van der Waals surface area contributed by atoms with E-state index in [1.807, 2.05) is 24.3 Å². The fourth-order valence-electron chi connectivity index (χ4n) is 1.80. The van der Waals surface area contributed by atoms with Crippen LogP contribution in [0.1, 0.15) is 11.1 Å². The summed E-state index contributed by atoms with van der Waals surface area (Å²) in [6, 6.07) is 15.1. The predicted molar refractivity (Wildman–Crippen MR) is 83.2 cm³/mol. The van der Waals surface area contributed by atoms with E-state index in [1.54, 1.807) is 6.07 Å². The van der Waals surface area contributed by atoms with Crippen molar-refractivity contribution in [3.05, 3.63) is 69.9 Å². The zero-order chi connectivity index (χ0) is 12.8. The molecule has 0 spiro atoms. The van der Waals surface area contributed by atoms with Crippen LogP contribution >= 0.6 is 28.3 Å². The number of hydrogen-bond acceptors (Lipinski definition) is 1. The van der Waals surface area contributed by atoms with Gasteiger partial charge >= 0.3 is 0 Å². The maximum atomic E-state index is 13.4. The van der Waals surface area contributed by atoms with Crippen LogP contribution in [0.4, 0.5) is 4.39 Å². The number of nitrogens with one attached hydrogen (secondary N) is 1. The second kappa shape index (κ2) is 8.31. The van der Waals surface area contributed by atoms with Crippen molar-refractivity contribution in [2.24, 2.45) is 0 Å². The van der Waals surface area contributed by atoms with Crippen LogP contribution in [0.2, 0.25) is 0 Å². The summed E-state index contributed by atoms with van der Waals surface area (Å²) in [5.74, 6) is -0.123. The van der Waals surface area contributed by atoms with Gasteiger partial charge in [0.2, 0.25) is 0 Å². The van der Waals surface area contributed by atoms with E-state index in [0.29, 0.717) is 6.42 Å². The summed E-state index contributed by atoms with van der Waals surface area (Å²) in [5, 5.41) is 3.32. The van der Waals surface area contributed by atoms with Crippen LogP contribution in [-0.4, -0.2) is 6.54 Å². The Kier molecular flexibility index (Phi) is 7.06. The maximum Gasteiger partial charge on any atom is 0.126 e. The predicted octanol–water partition coefficient (Wildman–Crippen LogP) is 4.34. The van der Waals surface area contributed by atoms with E-state index in [9.17, 15) is 4.39 Å². The van der Waals surface area contributed by atoms with Gasteiger partial charge in [-0.05, 0) is 42.3 Å². The van der Waals surface area contributed by atoms with Crippen LogP contribution in [0, 0.1) is 5.82 Å². The molecule has 102 valence electrons.